The summed E-state index contributed by atoms with van der Waals surface area (Å²) in [6.07, 6.45) is 3.90. The number of nitrogens with zero attached hydrogens (tertiary/aromatic N) is 6. The fraction of sp³-hybridized carbons (Fsp3) is 0.105. The lowest BCUT2D eigenvalue weighted by Gasteiger charge is -2.05. The lowest BCUT2D eigenvalue weighted by molar-refractivity contribution is 0.0706. The molecule has 0 aliphatic heterocycles. The van der Waals surface area contributed by atoms with Crippen molar-refractivity contribution < 1.29 is 14.4 Å². The van der Waals surface area contributed by atoms with E-state index in [-0.39, 0.29) is 5.95 Å². The van der Waals surface area contributed by atoms with Crippen molar-refractivity contribution in [2.45, 2.75) is 13.0 Å². The van der Waals surface area contributed by atoms with Crippen molar-refractivity contribution >= 4 is 28.5 Å². The van der Waals surface area contributed by atoms with Crippen molar-refractivity contribution in [3.63, 3.8) is 0 Å². The minimum atomic E-state index is -0.550. The summed E-state index contributed by atoms with van der Waals surface area (Å²) in [6.45, 7) is 0.552. The number of rotatable bonds is 5. The number of amides is 1. The molecular formula is C19H16N8O3. The first-order chi connectivity index (χ1) is 14.6. The third kappa shape index (κ3) is 2.93. The molecule has 0 saturated carbocycles. The van der Waals surface area contributed by atoms with E-state index in [4.69, 9.17) is 15.4 Å². The molecule has 11 nitrogen and oxygen atoms in total. The normalized spacial score (nSPS) is 11.4. The van der Waals surface area contributed by atoms with E-state index in [9.17, 15) is 4.79 Å². The molecule has 1 aromatic carbocycles. The van der Waals surface area contributed by atoms with Gasteiger partial charge in [-0.15, -0.1) is 5.10 Å². The molecular weight excluding hydrogens is 388 g/mol. The number of hydrogen-bond acceptors (Lipinski definition) is 8. The maximum absolute atomic E-state index is 11.4. The molecule has 30 heavy (non-hydrogen) atoms. The number of nitrogens with one attached hydrogen (secondary N) is 1. The molecule has 4 N–H and O–H groups in total. The van der Waals surface area contributed by atoms with Crippen LogP contribution < -0.4 is 11.2 Å². The number of hydrogen-bond donors (Lipinski definition) is 3. The molecule has 0 bridgehead atoms. The number of benzene rings is 1. The molecule has 0 aliphatic carbocycles. The first kappa shape index (κ1) is 17.8. The number of nitrogen functional groups attached to an aromatic ring is 1. The molecule has 5 rings (SSSR count). The smallest absolute Gasteiger partial charge is 0.274 e. The summed E-state index contributed by atoms with van der Waals surface area (Å²) in [5.74, 6) is 0.604. The van der Waals surface area contributed by atoms with Crippen LogP contribution in [0.5, 0.6) is 0 Å². The van der Waals surface area contributed by atoms with Crippen LogP contribution in [0.2, 0.25) is 0 Å². The summed E-state index contributed by atoms with van der Waals surface area (Å²) in [5, 5.41) is 18.2. The van der Waals surface area contributed by atoms with Crippen LogP contribution in [0.1, 0.15) is 15.9 Å². The largest absolute Gasteiger partial charge is 0.461 e. The first-order valence-corrected chi connectivity index (χ1v) is 9.09. The first-order valence-electron chi connectivity index (χ1n) is 9.09. The van der Waals surface area contributed by atoms with Crippen LogP contribution in [-0.2, 0) is 13.0 Å². The molecule has 0 spiro atoms. The molecule has 0 radical (unpaired) electrons. The number of anilines is 1. The second kappa shape index (κ2) is 6.97. The van der Waals surface area contributed by atoms with Gasteiger partial charge in [0.05, 0.1) is 17.8 Å². The molecule has 5 aromatic rings. The Morgan fingerprint density at radius 3 is 2.73 bits per heavy atom. The van der Waals surface area contributed by atoms with E-state index in [2.05, 4.69) is 20.2 Å². The Hall–Kier alpha value is -4.25. The molecule has 1 amide bonds. The number of carbonyl (C=O) groups excluding carboxylic acids is 1. The fourth-order valence-corrected chi connectivity index (χ4v) is 3.25. The molecule has 0 fully saturated rings. The summed E-state index contributed by atoms with van der Waals surface area (Å²) < 4.78 is 8.59. The van der Waals surface area contributed by atoms with Gasteiger partial charge in [0.25, 0.3) is 5.91 Å². The zero-order valence-electron chi connectivity index (χ0n) is 15.6. The summed E-state index contributed by atoms with van der Waals surface area (Å²) in [5.41, 5.74) is 10.3. The Balaban J connectivity index is 1.45. The van der Waals surface area contributed by atoms with Gasteiger partial charge >= 0.3 is 0 Å². The highest BCUT2D eigenvalue weighted by molar-refractivity contribution is 5.93. The van der Waals surface area contributed by atoms with Gasteiger partial charge in [0, 0.05) is 12.1 Å². The van der Waals surface area contributed by atoms with Gasteiger partial charge in [0.15, 0.2) is 17.1 Å². The second-order valence-electron chi connectivity index (χ2n) is 6.61. The fourth-order valence-electron chi connectivity index (χ4n) is 3.25. The van der Waals surface area contributed by atoms with Crippen molar-refractivity contribution in [2.75, 3.05) is 5.73 Å². The molecule has 0 unspecified atom stereocenters. The van der Waals surface area contributed by atoms with Crippen LogP contribution in [0.25, 0.3) is 28.3 Å². The van der Waals surface area contributed by atoms with Crippen molar-refractivity contribution in [3.8, 4) is 11.6 Å². The van der Waals surface area contributed by atoms with Crippen LogP contribution in [0.3, 0.4) is 0 Å². The minimum Gasteiger partial charge on any atom is -0.461 e. The van der Waals surface area contributed by atoms with Crippen LogP contribution in [-0.4, -0.2) is 40.5 Å². The third-order valence-corrected chi connectivity index (χ3v) is 4.77. The second-order valence-corrected chi connectivity index (χ2v) is 6.61. The number of carbonyl (C=O) groups is 1. The zero-order valence-corrected chi connectivity index (χ0v) is 15.6. The number of nitrogens with two attached hydrogens (primary N) is 1. The van der Waals surface area contributed by atoms with Crippen LogP contribution in [0, 0.1) is 0 Å². The van der Waals surface area contributed by atoms with E-state index in [1.165, 1.54) is 4.52 Å². The Kier molecular flexibility index (Phi) is 4.14. The molecule has 11 heteroatoms. The molecule has 0 saturated heterocycles. The van der Waals surface area contributed by atoms with Gasteiger partial charge in [-0.2, -0.15) is 14.6 Å². The van der Waals surface area contributed by atoms with Gasteiger partial charge in [-0.1, -0.05) is 12.1 Å². The Labute approximate surface area is 168 Å². The van der Waals surface area contributed by atoms with Crippen molar-refractivity contribution in [1.82, 2.24) is 34.8 Å². The average molecular weight is 404 g/mol. The SMILES string of the molecule is Nc1nc2c(cnn2CCc2ccc(C(=O)NO)cc2)c2nc(-c3ccco3)nn12. The lowest BCUT2D eigenvalue weighted by Crippen LogP contribution is -2.18. The Bertz CT molecular complexity index is 1350. The van der Waals surface area contributed by atoms with E-state index < -0.39 is 5.91 Å². The highest BCUT2D eigenvalue weighted by atomic mass is 16.5. The van der Waals surface area contributed by atoms with Crippen LogP contribution in [0.4, 0.5) is 5.95 Å². The molecule has 0 atom stereocenters. The third-order valence-electron chi connectivity index (χ3n) is 4.77. The van der Waals surface area contributed by atoms with Gasteiger partial charge in [0.2, 0.25) is 11.8 Å². The van der Waals surface area contributed by atoms with E-state index in [0.29, 0.717) is 41.4 Å². The topological polar surface area (TPSA) is 149 Å². The zero-order chi connectivity index (χ0) is 20.7. The van der Waals surface area contributed by atoms with Crippen molar-refractivity contribution in [2.24, 2.45) is 0 Å². The average Bonchev–Trinajstić information content (AvgIpc) is 3.51. The van der Waals surface area contributed by atoms with Gasteiger partial charge in [-0.3, -0.25) is 10.0 Å². The summed E-state index contributed by atoms with van der Waals surface area (Å²) in [7, 11) is 0. The lowest BCUT2D eigenvalue weighted by atomic mass is 10.1. The summed E-state index contributed by atoms with van der Waals surface area (Å²) >= 11 is 0. The maximum atomic E-state index is 11.4. The molecule has 0 aliphatic rings. The number of furan rings is 1. The van der Waals surface area contributed by atoms with E-state index in [1.807, 2.05) is 12.1 Å². The van der Waals surface area contributed by atoms with Gasteiger partial charge in [-0.25, -0.2) is 15.1 Å². The minimum absolute atomic E-state index is 0.198. The summed E-state index contributed by atoms with van der Waals surface area (Å²) in [4.78, 5) is 20.4. The van der Waals surface area contributed by atoms with Crippen LogP contribution in [0.15, 0.2) is 53.3 Å². The summed E-state index contributed by atoms with van der Waals surface area (Å²) in [6, 6.07) is 10.5. The standard InChI is InChI=1S/C19H16N8O3/c20-19-23-16-13(17-22-15(24-27(17)19)14-2-1-9-30-14)10-21-26(16)8-7-11-3-5-12(6-4-11)18(28)25-29/h1-6,9-10,29H,7-8H2,(H2,20,23)(H,25,28). The predicted octanol–water partition coefficient (Wildman–Crippen LogP) is 1.68. The highest BCUT2D eigenvalue weighted by Gasteiger charge is 2.17. The van der Waals surface area contributed by atoms with Gasteiger partial charge < -0.3 is 10.2 Å². The number of fused-ring (bicyclic) bond motifs is 3. The number of aryl methyl sites for hydroxylation is 2. The molecule has 150 valence electrons. The van der Waals surface area contributed by atoms with Crippen molar-refractivity contribution in [3.05, 3.63) is 60.0 Å². The van der Waals surface area contributed by atoms with Crippen LogP contribution >= 0.6 is 0 Å². The quantitative estimate of drug-likeness (QED) is 0.296. The van der Waals surface area contributed by atoms with E-state index in [1.54, 1.807) is 46.9 Å². The Morgan fingerprint density at radius 1 is 1.17 bits per heavy atom. The van der Waals surface area contributed by atoms with Crippen molar-refractivity contribution in [1.29, 1.82) is 0 Å². The molecule has 4 heterocycles. The van der Waals surface area contributed by atoms with Gasteiger partial charge in [0.1, 0.15) is 0 Å². The highest BCUT2D eigenvalue weighted by Crippen LogP contribution is 2.23. The van der Waals surface area contributed by atoms with E-state index >= 15 is 0 Å². The molecule has 4 aromatic heterocycles. The predicted molar refractivity (Wildman–Crippen MR) is 106 cm³/mol. The van der Waals surface area contributed by atoms with Gasteiger partial charge in [-0.05, 0) is 36.2 Å². The Morgan fingerprint density at radius 2 is 2.00 bits per heavy atom. The number of hydroxylamine groups is 1. The number of aromatic nitrogens is 6. The van der Waals surface area contributed by atoms with E-state index in [0.717, 1.165) is 10.9 Å². The maximum Gasteiger partial charge on any atom is 0.274 e. The monoisotopic (exact) mass is 404 g/mol.